The lowest BCUT2D eigenvalue weighted by atomic mass is 10.1. The molecule has 24 heavy (non-hydrogen) atoms. The Balaban J connectivity index is 1.87. The second-order valence-corrected chi connectivity index (χ2v) is 7.59. The van der Waals surface area contributed by atoms with E-state index in [4.69, 9.17) is 17.3 Å². The number of primary amides is 1. The first-order valence-corrected chi connectivity index (χ1v) is 9.34. The fourth-order valence-corrected chi connectivity index (χ4v) is 3.32. The molecule has 0 aromatic heterocycles. The van der Waals surface area contributed by atoms with Crippen molar-refractivity contribution in [2.45, 2.75) is 24.2 Å². The maximum atomic E-state index is 12.1. The van der Waals surface area contributed by atoms with E-state index >= 15 is 0 Å². The van der Waals surface area contributed by atoms with Crippen LogP contribution in [0, 0.1) is 0 Å². The van der Waals surface area contributed by atoms with E-state index in [1.807, 2.05) is 24.3 Å². The maximum Gasteiger partial charge on any atom is 0.240 e. The van der Waals surface area contributed by atoms with Crippen LogP contribution in [-0.4, -0.2) is 20.9 Å². The molecule has 3 N–H and O–H groups in total. The zero-order valence-corrected chi connectivity index (χ0v) is 14.6. The number of sulfonamides is 1. The largest absolute Gasteiger partial charge is 0.370 e. The lowest BCUT2D eigenvalue weighted by Crippen LogP contribution is -2.25. The molecule has 0 spiro atoms. The van der Waals surface area contributed by atoms with Gasteiger partial charge in [-0.3, -0.25) is 4.79 Å². The van der Waals surface area contributed by atoms with Crippen LogP contribution in [0.2, 0.25) is 5.02 Å². The first kappa shape index (κ1) is 18.4. The van der Waals surface area contributed by atoms with Crippen molar-refractivity contribution >= 4 is 27.5 Å². The molecule has 0 heterocycles. The summed E-state index contributed by atoms with van der Waals surface area (Å²) in [6, 6.07) is 13.7. The number of aryl methyl sites for hydroxylation is 1. The summed E-state index contributed by atoms with van der Waals surface area (Å²) in [7, 11) is -3.53. The summed E-state index contributed by atoms with van der Waals surface area (Å²) in [6.07, 6.45) is 1.50. The highest BCUT2D eigenvalue weighted by atomic mass is 35.5. The molecule has 0 atom stereocenters. The Bertz CT molecular complexity index is 788. The Hall–Kier alpha value is -1.89. The van der Waals surface area contributed by atoms with Crippen LogP contribution >= 0.6 is 11.6 Å². The molecule has 0 saturated carbocycles. The van der Waals surface area contributed by atoms with Gasteiger partial charge in [0.1, 0.15) is 0 Å². The van der Waals surface area contributed by atoms with Gasteiger partial charge >= 0.3 is 0 Å². The van der Waals surface area contributed by atoms with Crippen LogP contribution in [0.25, 0.3) is 0 Å². The molecular formula is C17H19ClN2O3S. The molecular weight excluding hydrogens is 348 g/mol. The normalized spacial score (nSPS) is 11.4. The lowest BCUT2D eigenvalue weighted by molar-refractivity contribution is -0.117. The number of halogens is 1. The van der Waals surface area contributed by atoms with Gasteiger partial charge in [-0.15, -0.1) is 0 Å². The number of nitrogens with two attached hydrogens (primary N) is 1. The van der Waals surface area contributed by atoms with Crippen LogP contribution < -0.4 is 10.5 Å². The summed E-state index contributed by atoms with van der Waals surface area (Å²) >= 11 is 5.76. The van der Waals surface area contributed by atoms with E-state index in [0.717, 1.165) is 11.1 Å². The van der Waals surface area contributed by atoms with Gasteiger partial charge in [0, 0.05) is 18.0 Å². The Morgan fingerprint density at radius 1 is 0.958 bits per heavy atom. The van der Waals surface area contributed by atoms with Gasteiger partial charge in [0.2, 0.25) is 15.9 Å². The first-order chi connectivity index (χ1) is 11.4. The van der Waals surface area contributed by atoms with E-state index < -0.39 is 10.0 Å². The monoisotopic (exact) mass is 366 g/mol. The topological polar surface area (TPSA) is 89.3 Å². The molecule has 1 amide bonds. The fraction of sp³-hybridized carbons (Fsp3) is 0.235. The minimum atomic E-state index is -3.53. The Labute approximate surface area is 146 Å². The molecule has 128 valence electrons. The summed E-state index contributed by atoms with van der Waals surface area (Å²) in [5.41, 5.74) is 7.16. The van der Waals surface area contributed by atoms with E-state index in [-0.39, 0.29) is 10.8 Å². The van der Waals surface area contributed by atoms with Crippen LogP contribution in [0.1, 0.15) is 17.5 Å². The van der Waals surface area contributed by atoms with Crippen molar-refractivity contribution in [3.05, 3.63) is 64.7 Å². The highest BCUT2D eigenvalue weighted by molar-refractivity contribution is 7.89. The second-order valence-electron chi connectivity index (χ2n) is 5.38. The first-order valence-electron chi connectivity index (χ1n) is 7.48. The van der Waals surface area contributed by atoms with Gasteiger partial charge in [0.25, 0.3) is 0 Å². The molecule has 0 radical (unpaired) electrons. The average molecular weight is 367 g/mol. The highest BCUT2D eigenvalue weighted by Crippen LogP contribution is 2.14. The van der Waals surface area contributed by atoms with Crippen LogP contribution in [0.15, 0.2) is 53.4 Å². The standard InChI is InChI=1S/C17H19ClN2O3S/c18-15-6-8-16(9-7-15)24(22,23)20-12-11-14-3-1-13(2-4-14)5-10-17(19)21/h1-4,6-9,20H,5,10-12H2,(H2,19,21). The van der Waals surface area contributed by atoms with Crippen molar-refractivity contribution in [3.8, 4) is 0 Å². The number of carbonyl (C=O) groups excluding carboxylic acids is 1. The molecule has 0 bridgehead atoms. The molecule has 0 saturated heterocycles. The fourth-order valence-electron chi connectivity index (χ4n) is 2.17. The summed E-state index contributed by atoms with van der Waals surface area (Å²) < 4.78 is 26.8. The number of nitrogens with one attached hydrogen (secondary N) is 1. The van der Waals surface area contributed by atoms with E-state index in [2.05, 4.69) is 4.72 Å². The van der Waals surface area contributed by atoms with Gasteiger partial charge in [0.15, 0.2) is 0 Å². The molecule has 0 aliphatic carbocycles. The van der Waals surface area contributed by atoms with Gasteiger partial charge in [-0.25, -0.2) is 13.1 Å². The maximum absolute atomic E-state index is 12.1. The molecule has 0 aliphatic heterocycles. The summed E-state index contributed by atoms with van der Waals surface area (Å²) in [5.74, 6) is -0.323. The second kappa shape index (κ2) is 8.28. The van der Waals surface area contributed by atoms with Crippen molar-refractivity contribution in [1.82, 2.24) is 4.72 Å². The van der Waals surface area contributed by atoms with Crippen LogP contribution in [0.5, 0.6) is 0 Å². The molecule has 2 aromatic rings. The highest BCUT2D eigenvalue weighted by Gasteiger charge is 2.12. The summed E-state index contributed by atoms with van der Waals surface area (Å²) in [6.45, 7) is 0.297. The summed E-state index contributed by atoms with van der Waals surface area (Å²) in [4.78, 5) is 10.9. The number of hydrogen-bond acceptors (Lipinski definition) is 3. The average Bonchev–Trinajstić information content (AvgIpc) is 2.54. The van der Waals surface area contributed by atoms with Gasteiger partial charge in [-0.05, 0) is 48.2 Å². The lowest BCUT2D eigenvalue weighted by Gasteiger charge is -2.07. The number of rotatable bonds is 8. The predicted octanol–water partition coefficient (Wildman–Crippen LogP) is 2.28. The SMILES string of the molecule is NC(=O)CCc1ccc(CCNS(=O)(=O)c2ccc(Cl)cc2)cc1. The smallest absolute Gasteiger partial charge is 0.240 e. The van der Waals surface area contributed by atoms with E-state index in [9.17, 15) is 13.2 Å². The van der Waals surface area contributed by atoms with E-state index in [0.29, 0.717) is 30.8 Å². The van der Waals surface area contributed by atoms with Gasteiger partial charge < -0.3 is 5.73 Å². The third-order valence-electron chi connectivity index (χ3n) is 3.51. The number of amides is 1. The van der Waals surface area contributed by atoms with Crippen molar-refractivity contribution in [2.75, 3.05) is 6.54 Å². The van der Waals surface area contributed by atoms with Crippen LogP contribution in [0.3, 0.4) is 0 Å². The Kier molecular flexibility index (Phi) is 6.36. The zero-order valence-electron chi connectivity index (χ0n) is 13.0. The molecule has 2 aromatic carbocycles. The molecule has 0 unspecified atom stereocenters. The third kappa shape index (κ3) is 5.63. The van der Waals surface area contributed by atoms with Gasteiger partial charge in [-0.2, -0.15) is 0 Å². The molecule has 7 heteroatoms. The molecule has 0 aliphatic rings. The van der Waals surface area contributed by atoms with Crippen molar-refractivity contribution in [1.29, 1.82) is 0 Å². The number of carbonyl (C=O) groups is 1. The third-order valence-corrected chi connectivity index (χ3v) is 5.24. The molecule has 0 fully saturated rings. The zero-order chi connectivity index (χ0) is 17.6. The van der Waals surface area contributed by atoms with Crippen LogP contribution in [0.4, 0.5) is 0 Å². The number of benzene rings is 2. The quantitative estimate of drug-likeness (QED) is 0.751. The van der Waals surface area contributed by atoms with Gasteiger partial charge in [0.05, 0.1) is 4.90 Å². The molecule has 5 nitrogen and oxygen atoms in total. The Morgan fingerprint density at radius 3 is 2.04 bits per heavy atom. The van der Waals surface area contributed by atoms with E-state index in [1.165, 1.54) is 12.1 Å². The van der Waals surface area contributed by atoms with Crippen LogP contribution in [-0.2, 0) is 27.7 Å². The minimum absolute atomic E-state index is 0.189. The summed E-state index contributed by atoms with van der Waals surface area (Å²) in [5, 5.41) is 0.491. The van der Waals surface area contributed by atoms with Crippen molar-refractivity contribution in [2.24, 2.45) is 5.73 Å². The number of hydrogen-bond donors (Lipinski definition) is 2. The van der Waals surface area contributed by atoms with Gasteiger partial charge in [-0.1, -0.05) is 35.9 Å². The minimum Gasteiger partial charge on any atom is -0.370 e. The Morgan fingerprint density at radius 2 is 1.50 bits per heavy atom. The van der Waals surface area contributed by atoms with E-state index in [1.54, 1.807) is 12.1 Å². The van der Waals surface area contributed by atoms with Crippen molar-refractivity contribution < 1.29 is 13.2 Å². The van der Waals surface area contributed by atoms with Crippen molar-refractivity contribution in [3.63, 3.8) is 0 Å². The predicted molar refractivity (Wildman–Crippen MR) is 94.3 cm³/mol. The molecule has 2 rings (SSSR count).